The van der Waals surface area contributed by atoms with Gasteiger partial charge in [-0.15, -0.1) is 0 Å². The summed E-state index contributed by atoms with van der Waals surface area (Å²) in [6.45, 7) is -0.412. The molecule has 1 aliphatic heterocycles. The van der Waals surface area contributed by atoms with Crippen LogP contribution in [0.2, 0.25) is 0 Å². The van der Waals surface area contributed by atoms with Gasteiger partial charge in [-0.25, -0.2) is 0 Å². The summed E-state index contributed by atoms with van der Waals surface area (Å²) in [5.41, 5.74) is 0. The van der Waals surface area contributed by atoms with E-state index in [-0.39, 0.29) is 31.6 Å². The van der Waals surface area contributed by atoms with Crippen molar-refractivity contribution in [2.24, 2.45) is 5.92 Å². The minimum absolute atomic E-state index is 0.139. The van der Waals surface area contributed by atoms with E-state index in [1.807, 2.05) is 0 Å². The maximum absolute atomic E-state index is 12.3. The van der Waals surface area contributed by atoms with Gasteiger partial charge in [-0.3, -0.25) is 9.69 Å². The van der Waals surface area contributed by atoms with E-state index in [9.17, 15) is 18.0 Å². The summed E-state index contributed by atoms with van der Waals surface area (Å²) in [7, 11) is 0. The fourth-order valence-corrected chi connectivity index (χ4v) is 1.96. The first-order chi connectivity index (χ1) is 8.42. The van der Waals surface area contributed by atoms with Crippen molar-refractivity contribution in [1.29, 1.82) is 0 Å². The summed E-state index contributed by atoms with van der Waals surface area (Å²) in [5, 5.41) is 8.65. The fourth-order valence-electron chi connectivity index (χ4n) is 1.96. The molecule has 0 aliphatic carbocycles. The molecule has 1 aliphatic rings. The molecule has 0 saturated carbocycles. The topological polar surface area (TPSA) is 49.8 Å². The number of aliphatic hydroxyl groups excluding tert-OH is 1. The maximum Gasteiger partial charge on any atom is 0.401 e. The van der Waals surface area contributed by atoms with Crippen LogP contribution in [0.5, 0.6) is 0 Å². The number of aliphatic hydroxyl groups is 1. The van der Waals surface area contributed by atoms with Crippen molar-refractivity contribution in [2.75, 3.05) is 32.8 Å². The van der Waals surface area contributed by atoms with E-state index in [2.05, 4.69) is 0 Å². The van der Waals surface area contributed by atoms with Gasteiger partial charge < -0.3 is 9.84 Å². The Labute approximate surface area is 104 Å². The van der Waals surface area contributed by atoms with Gasteiger partial charge in [-0.05, 0) is 25.8 Å². The summed E-state index contributed by atoms with van der Waals surface area (Å²) < 4.78 is 41.7. The van der Waals surface area contributed by atoms with Crippen LogP contribution in [0, 0.1) is 5.92 Å². The van der Waals surface area contributed by atoms with Gasteiger partial charge in [-0.1, -0.05) is 0 Å². The number of esters is 1. The van der Waals surface area contributed by atoms with Crippen LogP contribution in [0.4, 0.5) is 13.2 Å². The minimum atomic E-state index is -4.26. The van der Waals surface area contributed by atoms with Crippen LogP contribution in [0.15, 0.2) is 0 Å². The lowest BCUT2D eigenvalue weighted by Gasteiger charge is -2.23. The molecule has 1 atom stereocenters. The van der Waals surface area contributed by atoms with Crippen molar-refractivity contribution in [2.45, 2.75) is 25.4 Å². The molecule has 18 heavy (non-hydrogen) atoms. The lowest BCUT2D eigenvalue weighted by atomic mass is 10.0. The molecule has 1 saturated heterocycles. The summed E-state index contributed by atoms with van der Waals surface area (Å²) in [6.07, 6.45) is -3.00. The predicted octanol–water partition coefficient (Wildman–Crippen LogP) is 1.19. The number of nitrogens with zero attached hydrogens (tertiary/aromatic N) is 1. The molecule has 7 heteroatoms. The van der Waals surface area contributed by atoms with Crippen LogP contribution in [-0.2, 0) is 9.53 Å². The number of hydrogen-bond acceptors (Lipinski definition) is 4. The Balaban J connectivity index is 2.37. The van der Waals surface area contributed by atoms with Gasteiger partial charge >= 0.3 is 12.1 Å². The normalized spacial score (nSPS) is 20.5. The SMILES string of the molecule is O=C1OCCC1CCN(CCCO)CC(F)(F)F. The van der Waals surface area contributed by atoms with Gasteiger partial charge in [0.15, 0.2) is 0 Å². The average Bonchev–Trinajstić information content (AvgIpc) is 2.66. The molecule has 1 heterocycles. The molecule has 0 spiro atoms. The smallest absolute Gasteiger partial charge is 0.401 e. The second-order valence-corrected chi connectivity index (χ2v) is 4.41. The van der Waals surface area contributed by atoms with E-state index in [1.165, 1.54) is 4.90 Å². The third-order valence-electron chi connectivity index (χ3n) is 2.87. The zero-order chi connectivity index (χ0) is 13.6. The monoisotopic (exact) mass is 269 g/mol. The van der Waals surface area contributed by atoms with Crippen LogP contribution in [0.25, 0.3) is 0 Å². The van der Waals surface area contributed by atoms with Gasteiger partial charge in [0.1, 0.15) is 0 Å². The first kappa shape index (κ1) is 15.2. The maximum atomic E-state index is 12.3. The molecule has 1 rings (SSSR count). The van der Waals surface area contributed by atoms with E-state index in [4.69, 9.17) is 9.84 Å². The Morgan fingerprint density at radius 1 is 1.39 bits per heavy atom. The number of ether oxygens (including phenoxy) is 1. The number of rotatable bonds is 7. The third-order valence-corrected chi connectivity index (χ3v) is 2.87. The largest absolute Gasteiger partial charge is 0.465 e. The lowest BCUT2D eigenvalue weighted by Crippen LogP contribution is -2.37. The van der Waals surface area contributed by atoms with Crippen molar-refractivity contribution in [3.05, 3.63) is 0 Å². The van der Waals surface area contributed by atoms with Crippen molar-refractivity contribution in [1.82, 2.24) is 4.90 Å². The summed E-state index contributed by atoms with van der Waals surface area (Å²) >= 11 is 0. The molecule has 0 radical (unpaired) electrons. The van der Waals surface area contributed by atoms with Crippen LogP contribution in [0.1, 0.15) is 19.3 Å². The Morgan fingerprint density at radius 3 is 2.61 bits per heavy atom. The Bertz CT molecular complexity index is 271. The lowest BCUT2D eigenvalue weighted by molar-refractivity contribution is -0.147. The second kappa shape index (κ2) is 6.94. The van der Waals surface area contributed by atoms with Crippen molar-refractivity contribution >= 4 is 5.97 Å². The number of hydrogen-bond donors (Lipinski definition) is 1. The minimum Gasteiger partial charge on any atom is -0.465 e. The number of carbonyl (C=O) groups is 1. The molecule has 0 bridgehead atoms. The predicted molar refractivity (Wildman–Crippen MR) is 57.9 cm³/mol. The molecule has 4 nitrogen and oxygen atoms in total. The number of cyclic esters (lactones) is 1. The van der Waals surface area contributed by atoms with E-state index < -0.39 is 12.7 Å². The highest BCUT2D eigenvalue weighted by Gasteiger charge is 2.32. The van der Waals surface area contributed by atoms with Crippen LogP contribution >= 0.6 is 0 Å². The highest BCUT2D eigenvalue weighted by atomic mass is 19.4. The summed E-state index contributed by atoms with van der Waals surface area (Å²) in [4.78, 5) is 12.4. The molecule has 0 aromatic rings. The van der Waals surface area contributed by atoms with Gasteiger partial charge in [0.2, 0.25) is 0 Å². The average molecular weight is 269 g/mol. The van der Waals surface area contributed by atoms with Gasteiger partial charge in [0.05, 0.1) is 19.1 Å². The molecule has 0 aromatic carbocycles. The van der Waals surface area contributed by atoms with Crippen molar-refractivity contribution in [3.8, 4) is 0 Å². The zero-order valence-electron chi connectivity index (χ0n) is 10.1. The first-order valence-electron chi connectivity index (χ1n) is 5.99. The summed E-state index contributed by atoms with van der Waals surface area (Å²) in [5.74, 6) is -0.598. The van der Waals surface area contributed by atoms with E-state index >= 15 is 0 Å². The van der Waals surface area contributed by atoms with Crippen molar-refractivity contribution in [3.63, 3.8) is 0 Å². The Kier molecular flexibility index (Phi) is 5.87. The van der Waals surface area contributed by atoms with Crippen LogP contribution in [0.3, 0.4) is 0 Å². The standard InChI is InChI=1S/C11H18F3NO3/c12-11(13,14)8-15(4-1-6-16)5-2-9-3-7-18-10(9)17/h9,16H,1-8H2. The molecule has 106 valence electrons. The van der Waals surface area contributed by atoms with Gasteiger partial charge in [0.25, 0.3) is 0 Å². The first-order valence-corrected chi connectivity index (χ1v) is 5.99. The second-order valence-electron chi connectivity index (χ2n) is 4.41. The fraction of sp³-hybridized carbons (Fsp3) is 0.909. The van der Waals surface area contributed by atoms with Gasteiger partial charge in [-0.2, -0.15) is 13.2 Å². The quantitative estimate of drug-likeness (QED) is 0.705. The van der Waals surface area contributed by atoms with Crippen LogP contribution in [-0.4, -0.2) is 55.0 Å². The molecule has 1 fully saturated rings. The number of carbonyl (C=O) groups excluding carboxylic acids is 1. The van der Waals surface area contributed by atoms with E-state index in [0.29, 0.717) is 25.9 Å². The molecular formula is C11H18F3NO3. The molecule has 0 amide bonds. The molecular weight excluding hydrogens is 251 g/mol. The Morgan fingerprint density at radius 2 is 2.11 bits per heavy atom. The zero-order valence-corrected chi connectivity index (χ0v) is 10.1. The van der Waals surface area contributed by atoms with E-state index in [1.54, 1.807) is 0 Å². The Hall–Kier alpha value is -0.820. The highest BCUT2D eigenvalue weighted by Crippen LogP contribution is 2.21. The molecule has 1 unspecified atom stereocenters. The highest BCUT2D eigenvalue weighted by molar-refractivity contribution is 5.74. The van der Waals surface area contributed by atoms with Gasteiger partial charge in [0, 0.05) is 13.2 Å². The third kappa shape index (κ3) is 5.68. The molecule has 0 aromatic heterocycles. The number of alkyl halides is 3. The van der Waals surface area contributed by atoms with E-state index in [0.717, 1.165) is 0 Å². The molecule has 1 N–H and O–H groups in total. The van der Waals surface area contributed by atoms with Crippen molar-refractivity contribution < 1.29 is 27.8 Å². The van der Waals surface area contributed by atoms with Crippen LogP contribution < -0.4 is 0 Å². The number of halogens is 3. The summed E-state index contributed by atoms with van der Waals surface area (Å²) in [6, 6.07) is 0.